The van der Waals surface area contributed by atoms with Crippen LogP contribution in [-0.4, -0.2) is 72.1 Å². The van der Waals surface area contributed by atoms with Gasteiger partial charge in [-0.25, -0.2) is 4.98 Å². The van der Waals surface area contributed by atoms with Crippen molar-refractivity contribution in [2.24, 2.45) is 0 Å². The molecule has 2 aliphatic rings. The smallest absolute Gasteiger partial charge is 0.258 e. The van der Waals surface area contributed by atoms with E-state index in [9.17, 15) is 9.59 Å². The number of amides is 1. The highest BCUT2D eigenvalue weighted by Gasteiger charge is 2.32. The van der Waals surface area contributed by atoms with Gasteiger partial charge in [0.05, 0.1) is 23.0 Å². The highest BCUT2D eigenvalue weighted by atomic mass is 32.1. The molecule has 3 aromatic heterocycles. The number of carbonyl (C=O) groups is 1. The maximum absolute atomic E-state index is 13.6. The van der Waals surface area contributed by atoms with Crippen molar-refractivity contribution in [3.05, 3.63) is 62.8 Å². The molecule has 1 aromatic carbocycles. The third-order valence-corrected chi connectivity index (χ3v) is 7.65. The van der Waals surface area contributed by atoms with Gasteiger partial charge < -0.3 is 9.88 Å². The fraction of sp³-hybridized carbons (Fsp3) is 0.364. The van der Waals surface area contributed by atoms with Gasteiger partial charge in [-0.1, -0.05) is 12.1 Å². The minimum Gasteiger partial charge on any atom is -0.336 e. The number of aromatic nitrogens is 6. The van der Waals surface area contributed by atoms with Crippen LogP contribution in [0.5, 0.6) is 0 Å². The summed E-state index contributed by atoms with van der Waals surface area (Å²) in [7, 11) is 0. The van der Waals surface area contributed by atoms with Crippen LogP contribution in [0.15, 0.2) is 35.4 Å². The predicted octanol–water partition coefficient (Wildman–Crippen LogP) is 1.41. The molecule has 0 atom stereocenters. The highest BCUT2D eigenvalue weighted by molar-refractivity contribution is 7.15. The second-order valence-electron chi connectivity index (χ2n) is 8.39. The van der Waals surface area contributed by atoms with Crippen LogP contribution < -0.4 is 5.56 Å². The summed E-state index contributed by atoms with van der Waals surface area (Å²) in [4.78, 5) is 38.8. The third kappa shape index (κ3) is 3.62. The Hall–Kier alpha value is -3.44. The number of piperazine rings is 1. The molecule has 1 aliphatic heterocycles. The first-order valence-electron chi connectivity index (χ1n) is 11.0. The maximum Gasteiger partial charge on any atom is 0.258 e. The van der Waals surface area contributed by atoms with Gasteiger partial charge >= 0.3 is 0 Å². The lowest BCUT2D eigenvalue weighted by Gasteiger charge is -2.34. The lowest BCUT2D eigenvalue weighted by Crippen LogP contribution is -2.48. The second-order valence-corrected chi connectivity index (χ2v) is 9.47. The van der Waals surface area contributed by atoms with Crippen molar-refractivity contribution in [3.8, 4) is 5.00 Å². The van der Waals surface area contributed by atoms with Gasteiger partial charge in [-0.3, -0.25) is 14.5 Å². The molecule has 4 aromatic rings. The van der Waals surface area contributed by atoms with E-state index in [1.165, 1.54) is 4.88 Å². The molecule has 33 heavy (non-hydrogen) atoms. The van der Waals surface area contributed by atoms with Crippen molar-refractivity contribution in [2.45, 2.75) is 25.8 Å². The molecule has 6 rings (SSSR count). The number of thiophene rings is 1. The molecule has 0 spiro atoms. The van der Waals surface area contributed by atoms with Crippen molar-refractivity contribution in [2.75, 3.05) is 26.2 Å². The van der Waals surface area contributed by atoms with E-state index >= 15 is 0 Å². The van der Waals surface area contributed by atoms with Crippen LogP contribution in [0.3, 0.4) is 0 Å². The Morgan fingerprint density at radius 1 is 1.12 bits per heavy atom. The van der Waals surface area contributed by atoms with Crippen molar-refractivity contribution < 1.29 is 4.79 Å². The normalized spacial score (nSPS) is 16.4. The summed E-state index contributed by atoms with van der Waals surface area (Å²) in [6.45, 7) is 3.22. The molecule has 11 heteroatoms. The van der Waals surface area contributed by atoms with E-state index in [0.29, 0.717) is 36.4 Å². The summed E-state index contributed by atoms with van der Waals surface area (Å²) >= 11 is 1.62. The largest absolute Gasteiger partial charge is 0.336 e. The fourth-order valence-electron chi connectivity index (χ4n) is 4.71. The molecule has 4 heterocycles. The number of para-hydroxylation sites is 1. The first-order valence-corrected chi connectivity index (χ1v) is 11.9. The number of rotatable bonds is 4. The standard InChI is InChI=1S/C22H22N8O2S/c31-20-14-4-1-2-6-16(14)24-18(25-20)12-28-8-10-29(11-9-28)21(32)19-15-5-3-7-17(15)33-22(19)30-13-23-26-27-30/h1-2,4,6,13H,3,5,7-12H2,(H,24,25,31). The zero-order chi connectivity index (χ0) is 22.4. The molecule has 1 saturated heterocycles. The van der Waals surface area contributed by atoms with Crippen molar-refractivity contribution >= 4 is 28.1 Å². The quantitative estimate of drug-likeness (QED) is 0.488. The molecule has 0 unspecified atom stereocenters. The molecular formula is C22H22N8O2S. The minimum atomic E-state index is -0.120. The molecule has 168 valence electrons. The van der Waals surface area contributed by atoms with E-state index in [4.69, 9.17) is 0 Å². The molecule has 0 radical (unpaired) electrons. The van der Waals surface area contributed by atoms with E-state index in [1.807, 2.05) is 23.1 Å². The van der Waals surface area contributed by atoms with Crippen molar-refractivity contribution in [1.82, 2.24) is 40.0 Å². The Balaban J connectivity index is 1.18. The second kappa shape index (κ2) is 8.16. The number of aromatic amines is 1. The van der Waals surface area contributed by atoms with Gasteiger partial charge in [0, 0.05) is 31.1 Å². The summed E-state index contributed by atoms with van der Waals surface area (Å²) in [5.74, 6) is 0.701. The van der Waals surface area contributed by atoms with E-state index in [2.05, 4.69) is 30.4 Å². The van der Waals surface area contributed by atoms with Crippen molar-refractivity contribution in [3.63, 3.8) is 0 Å². The van der Waals surface area contributed by atoms with Crippen LogP contribution in [-0.2, 0) is 19.4 Å². The monoisotopic (exact) mass is 462 g/mol. The number of benzene rings is 1. The predicted molar refractivity (Wildman–Crippen MR) is 123 cm³/mol. The Labute approximate surface area is 192 Å². The van der Waals surface area contributed by atoms with Gasteiger partial charge in [0.25, 0.3) is 11.5 Å². The number of aryl methyl sites for hydroxylation is 1. The van der Waals surface area contributed by atoms with Crippen LogP contribution in [0.2, 0.25) is 0 Å². The van der Waals surface area contributed by atoms with Gasteiger partial charge in [0.2, 0.25) is 0 Å². The summed E-state index contributed by atoms with van der Waals surface area (Å²) < 4.78 is 1.61. The van der Waals surface area contributed by atoms with Crippen LogP contribution in [0.25, 0.3) is 15.9 Å². The first kappa shape index (κ1) is 20.2. The Morgan fingerprint density at radius 3 is 2.79 bits per heavy atom. The average molecular weight is 463 g/mol. The van der Waals surface area contributed by atoms with E-state index in [-0.39, 0.29) is 11.5 Å². The Kier molecular flexibility index (Phi) is 4.99. The maximum atomic E-state index is 13.6. The number of hydrogen-bond acceptors (Lipinski definition) is 8. The van der Waals surface area contributed by atoms with Gasteiger partial charge in [-0.2, -0.15) is 4.68 Å². The van der Waals surface area contributed by atoms with Gasteiger partial charge in [-0.05, 0) is 47.4 Å². The molecule has 1 aliphatic carbocycles. The summed E-state index contributed by atoms with van der Waals surface area (Å²) in [6, 6.07) is 7.35. The zero-order valence-electron chi connectivity index (χ0n) is 17.9. The van der Waals surface area contributed by atoms with E-state index < -0.39 is 0 Å². The molecular weight excluding hydrogens is 440 g/mol. The summed E-state index contributed by atoms with van der Waals surface area (Å²) in [5, 5.41) is 12.9. The lowest BCUT2D eigenvalue weighted by atomic mass is 10.1. The average Bonchev–Trinajstić information content (AvgIpc) is 3.56. The van der Waals surface area contributed by atoms with E-state index in [0.717, 1.165) is 48.5 Å². The third-order valence-electron chi connectivity index (χ3n) is 6.37. The molecule has 0 saturated carbocycles. The van der Waals surface area contributed by atoms with Crippen LogP contribution in [0, 0.1) is 0 Å². The number of nitrogens with zero attached hydrogens (tertiary/aromatic N) is 7. The molecule has 1 fully saturated rings. The SMILES string of the molecule is O=C(c1c(-n2cnnn2)sc2c1CCC2)N1CCN(Cc2nc3ccccc3c(=O)[nH]2)CC1. The van der Waals surface area contributed by atoms with Gasteiger partial charge in [0.1, 0.15) is 17.2 Å². The van der Waals surface area contributed by atoms with Crippen molar-refractivity contribution in [1.29, 1.82) is 0 Å². The first-order chi connectivity index (χ1) is 16.2. The minimum absolute atomic E-state index is 0.0526. The molecule has 1 N–H and O–H groups in total. The molecule has 0 bridgehead atoms. The highest BCUT2D eigenvalue weighted by Crippen LogP contribution is 2.38. The number of tetrazole rings is 1. The van der Waals surface area contributed by atoms with E-state index in [1.54, 1.807) is 28.4 Å². The molecule has 10 nitrogen and oxygen atoms in total. The topological polar surface area (TPSA) is 113 Å². The Bertz CT molecular complexity index is 1390. The summed E-state index contributed by atoms with van der Waals surface area (Å²) in [6.07, 6.45) is 4.57. The summed E-state index contributed by atoms with van der Waals surface area (Å²) in [5.41, 5.74) is 2.50. The van der Waals surface area contributed by atoms with Gasteiger partial charge in [-0.15, -0.1) is 16.4 Å². The van der Waals surface area contributed by atoms with Crippen LogP contribution in [0.1, 0.15) is 33.0 Å². The number of carbonyl (C=O) groups excluding carboxylic acids is 1. The number of nitrogens with one attached hydrogen (secondary N) is 1. The lowest BCUT2D eigenvalue weighted by molar-refractivity contribution is 0.0625. The Morgan fingerprint density at radius 2 is 1.97 bits per heavy atom. The number of fused-ring (bicyclic) bond motifs is 2. The van der Waals surface area contributed by atoms with Crippen LogP contribution >= 0.6 is 11.3 Å². The molecule has 1 amide bonds. The fourth-order valence-corrected chi connectivity index (χ4v) is 6.01. The number of hydrogen-bond donors (Lipinski definition) is 1. The zero-order valence-corrected chi connectivity index (χ0v) is 18.7. The number of H-pyrrole nitrogens is 1. The van der Waals surface area contributed by atoms with Crippen LogP contribution in [0.4, 0.5) is 0 Å². The van der Waals surface area contributed by atoms with Gasteiger partial charge in [0.15, 0.2) is 0 Å².